The minimum Gasteiger partial charge on any atom is -0.444 e. The van der Waals surface area contributed by atoms with E-state index < -0.39 is 23.6 Å². The maximum absolute atomic E-state index is 11.4. The topological polar surface area (TPSA) is 72.6 Å². The Morgan fingerprint density at radius 1 is 1.36 bits per heavy atom. The van der Waals surface area contributed by atoms with Crippen LogP contribution in [0.2, 0.25) is 0 Å². The van der Waals surface area contributed by atoms with E-state index >= 15 is 0 Å². The molecule has 0 heterocycles. The molecule has 2 amide bonds. The number of ether oxygens (including phenoxy) is 1. The minimum atomic E-state index is -0.662. The fourth-order valence-corrected chi connectivity index (χ4v) is 0.683. The summed E-state index contributed by atoms with van der Waals surface area (Å²) in [5, 5.41) is 0. The van der Waals surface area contributed by atoms with Crippen molar-refractivity contribution in [2.45, 2.75) is 39.3 Å². The second-order valence-corrected chi connectivity index (χ2v) is 4.17. The van der Waals surface area contributed by atoms with Crippen molar-refractivity contribution in [3.8, 4) is 0 Å². The van der Waals surface area contributed by atoms with Crippen LogP contribution in [0.25, 0.3) is 0 Å². The van der Waals surface area contributed by atoms with Gasteiger partial charge in [-0.2, -0.15) is 0 Å². The van der Waals surface area contributed by atoms with Crippen molar-refractivity contribution in [3.05, 3.63) is 0 Å². The van der Waals surface area contributed by atoms with Crippen LogP contribution in [-0.2, 0) is 9.53 Å². The van der Waals surface area contributed by atoms with E-state index in [0.29, 0.717) is 0 Å². The van der Waals surface area contributed by atoms with Gasteiger partial charge in [0.2, 0.25) is 5.91 Å². The molecule has 1 atom stereocenters. The molecule has 0 rings (SSSR count). The molecule has 0 spiro atoms. The van der Waals surface area contributed by atoms with Crippen molar-refractivity contribution in [3.63, 3.8) is 0 Å². The molecule has 5 nitrogen and oxygen atoms in total. The zero-order valence-corrected chi connectivity index (χ0v) is 9.33. The molecule has 0 radical (unpaired) electrons. The van der Waals surface area contributed by atoms with Gasteiger partial charge in [-0.15, -0.1) is 0 Å². The molecule has 0 aliphatic rings. The lowest BCUT2D eigenvalue weighted by atomic mass is 10.2. The Bertz CT molecular complexity index is 233. The zero-order valence-electron chi connectivity index (χ0n) is 9.33. The van der Waals surface area contributed by atoms with Gasteiger partial charge in [0.25, 0.3) is 0 Å². The SMILES string of the molecule is C[C@H](C(N)=O)N(C)C(=O)OC(C)(C)C. The third-order valence-corrected chi connectivity index (χ3v) is 1.67. The monoisotopic (exact) mass is 202 g/mol. The minimum absolute atomic E-state index is 0.552. The summed E-state index contributed by atoms with van der Waals surface area (Å²) in [6.45, 7) is 6.82. The van der Waals surface area contributed by atoms with Gasteiger partial charge in [-0.05, 0) is 27.7 Å². The summed E-state index contributed by atoms with van der Waals surface area (Å²) in [6, 6.07) is -0.662. The smallest absolute Gasteiger partial charge is 0.410 e. The summed E-state index contributed by atoms with van der Waals surface area (Å²) in [4.78, 5) is 23.4. The number of carbonyl (C=O) groups is 2. The molecule has 0 saturated heterocycles. The van der Waals surface area contributed by atoms with E-state index in [2.05, 4.69) is 0 Å². The molecular weight excluding hydrogens is 184 g/mol. The second kappa shape index (κ2) is 4.30. The average molecular weight is 202 g/mol. The van der Waals surface area contributed by atoms with Gasteiger partial charge in [0.05, 0.1) is 0 Å². The third kappa shape index (κ3) is 4.11. The molecule has 82 valence electrons. The van der Waals surface area contributed by atoms with Crippen molar-refractivity contribution < 1.29 is 14.3 Å². The van der Waals surface area contributed by atoms with Crippen LogP contribution >= 0.6 is 0 Å². The van der Waals surface area contributed by atoms with Gasteiger partial charge in [-0.3, -0.25) is 9.69 Å². The van der Waals surface area contributed by atoms with Crippen LogP contribution in [0, 0.1) is 0 Å². The number of carbonyl (C=O) groups excluding carboxylic acids is 2. The van der Waals surface area contributed by atoms with Gasteiger partial charge in [0, 0.05) is 7.05 Å². The predicted molar refractivity (Wildman–Crippen MR) is 52.7 cm³/mol. The lowest BCUT2D eigenvalue weighted by Gasteiger charge is -2.27. The van der Waals surface area contributed by atoms with Crippen LogP contribution in [0.5, 0.6) is 0 Å². The van der Waals surface area contributed by atoms with E-state index in [9.17, 15) is 9.59 Å². The van der Waals surface area contributed by atoms with Crippen LogP contribution in [0.3, 0.4) is 0 Å². The van der Waals surface area contributed by atoms with Gasteiger partial charge in [0.1, 0.15) is 11.6 Å². The van der Waals surface area contributed by atoms with E-state index in [1.165, 1.54) is 11.9 Å². The Balaban J connectivity index is 4.33. The lowest BCUT2D eigenvalue weighted by Crippen LogP contribution is -2.45. The Hall–Kier alpha value is -1.26. The molecule has 0 saturated carbocycles. The van der Waals surface area contributed by atoms with E-state index in [0.717, 1.165) is 0 Å². The maximum Gasteiger partial charge on any atom is 0.410 e. The number of amides is 2. The largest absolute Gasteiger partial charge is 0.444 e. The molecule has 5 heteroatoms. The number of likely N-dealkylation sites (N-methyl/N-ethyl adjacent to an activating group) is 1. The number of rotatable bonds is 2. The highest BCUT2D eigenvalue weighted by molar-refractivity contribution is 5.83. The van der Waals surface area contributed by atoms with Crippen LogP contribution in [0.1, 0.15) is 27.7 Å². The van der Waals surface area contributed by atoms with Crippen LogP contribution < -0.4 is 5.73 Å². The van der Waals surface area contributed by atoms with Crippen LogP contribution in [-0.4, -0.2) is 35.6 Å². The Kier molecular flexibility index (Phi) is 3.92. The van der Waals surface area contributed by atoms with Crippen molar-refractivity contribution in [2.75, 3.05) is 7.05 Å². The summed E-state index contributed by atoms with van der Waals surface area (Å²) in [7, 11) is 1.48. The highest BCUT2D eigenvalue weighted by atomic mass is 16.6. The highest BCUT2D eigenvalue weighted by Crippen LogP contribution is 2.10. The summed E-state index contributed by atoms with van der Waals surface area (Å²) >= 11 is 0. The van der Waals surface area contributed by atoms with E-state index in [-0.39, 0.29) is 0 Å². The quantitative estimate of drug-likeness (QED) is 0.717. The number of nitrogens with zero attached hydrogens (tertiary/aromatic N) is 1. The van der Waals surface area contributed by atoms with Crippen molar-refractivity contribution in [1.82, 2.24) is 4.90 Å². The first-order valence-corrected chi connectivity index (χ1v) is 4.40. The van der Waals surface area contributed by atoms with Gasteiger partial charge in [0.15, 0.2) is 0 Å². The van der Waals surface area contributed by atoms with Crippen molar-refractivity contribution in [2.24, 2.45) is 5.73 Å². The molecule has 2 N–H and O–H groups in total. The highest BCUT2D eigenvalue weighted by Gasteiger charge is 2.25. The second-order valence-electron chi connectivity index (χ2n) is 4.17. The van der Waals surface area contributed by atoms with Crippen LogP contribution in [0.4, 0.5) is 4.79 Å². The Morgan fingerprint density at radius 2 is 1.79 bits per heavy atom. The number of nitrogens with two attached hydrogens (primary N) is 1. The van der Waals surface area contributed by atoms with E-state index in [1.54, 1.807) is 27.7 Å². The fourth-order valence-electron chi connectivity index (χ4n) is 0.683. The van der Waals surface area contributed by atoms with Crippen LogP contribution in [0.15, 0.2) is 0 Å². The Labute approximate surface area is 84.2 Å². The van der Waals surface area contributed by atoms with Crippen molar-refractivity contribution >= 4 is 12.0 Å². The van der Waals surface area contributed by atoms with Crippen molar-refractivity contribution in [1.29, 1.82) is 0 Å². The molecule has 0 aliphatic heterocycles. The molecular formula is C9H18N2O3. The normalized spacial score (nSPS) is 13.2. The van der Waals surface area contributed by atoms with Gasteiger partial charge < -0.3 is 10.5 Å². The van der Waals surface area contributed by atoms with E-state index in [4.69, 9.17) is 10.5 Å². The first-order valence-electron chi connectivity index (χ1n) is 4.40. The molecule has 0 fully saturated rings. The predicted octanol–water partition coefficient (Wildman–Crippen LogP) is 0.727. The number of hydrogen-bond donors (Lipinski definition) is 1. The van der Waals surface area contributed by atoms with Gasteiger partial charge >= 0.3 is 6.09 Å². The fraction of sp³-hybridized carbons (Fsp3) is 0.778. The zero-order chi connectivity index (χ0) is 11.5. The molecule has 0 bridgehead atoms. The molecule has 0 aliphatic carbocycles. The maximum atomic E-state index is 11.4. The average Bonchev–Trinajstić information content (AvgIpc) is 1.98. The first-order chi connectivity index (χ1) is 6.15. The molecule has 0 unspecified atom stereocenters. The first kappa shape index (κ1) is 12.7. The summed E-state index contributed by atoms with van der Waals surface area (Å²) in [5.41, 5.74) is 4.48. The third-order valence-electron chi connectivity index (χ3n) is 1.67. The summed E-state index contributed by atoms with van der Waals surface area (Å²) in [5.74, 6) is -0.557. The summed E-state index contributed by atoms with van der Waals surface area (Å²) in [6.07, 6.45) is -0.552. The lowest BCUT2D eigenvalue weighted by molar-refractivity contribution is -0.122. The standard InChI is InChI=1S/C9H18N2O3/c1-6(7(10)12)11(5)8(13)14-9(2,3)4/h6H,1-5H3,(H2,10,12)/t6-/m1/s1. The molecule has 14 heavy (non-hydrogen) atoms. The molecule has 0 aromatic carbocycles. The van der Waals surface area contributed by atoms with E-state index in [1.807, 2.05) is 0 Å². The Morgan fingerprint density at radius 3 is 2.07 bits per heavy atom. The number of primary amides is 1. The summed E-state index contributed by atoms with van der Waals surface area (Å²) < 4.78 is 5.05. The van der Waals surface area contributed by atoms with Gasteiger partial charge in [-0.1, -0.05) is 0 Å². The van der Waals surface area contributed by atoms with Gasteiger partial charge in [-0.25, -0.2) is 4.79 Å². The molecule has 0 aromatic heterocycles. The number of hydrogen-bond acceptors (Lipinski definition) is 3. The molecule has 0 aromatic rings.